The highest BCUT2D eigenvalue weighted by Gasteiger charge is 2.25. The molecule has 6 aromatic rings. The van der Waals surface area contributed by atoms with Gasteiger partial charge in [0, 0.05) is 43.4 Å². The number of hydrogen-bond acceptors (Lipinski definition) is 8. The van der Waals surface area contributed by atoms with Crippen LogP contribution in [0.1, 0.15) is 22.8 Å². The highest BCUT2D eigenvalue weighted by Crippen LogP contribution is 2.44. The molecule has 4 heterocycles. The van der Waals surface area contributed by atoms with E-state index in [2.05, 4.69) is 20.4 Å². The first kappa shape index (κ1) is 28.5. The molecule has 13 heteroatoms. The summed E-state index contributed by atoms with van der Waals surface area (Å²) in [6.45, 7) is 0. The van der Waals surface area contributed by atoms with Crippen LogP contribution in [0, 0.1) is 0 Å². The van der Waals surface area contributed by atoms with Gasteiger partial charge in [-0.15, -0.1) is 0 Å². The van der Waals surface area contributed by atoms with Crippen LogP contribution in [0.15, 0.2) is 107 Å². The van der Waals surface area contributed by atoms with Gasteiger partial charge in [-0.3, -0.25) is 19.0 Å². The highest BCUT2D eigenvalue weighted by molar-refractivity contribution is 6.04. The number of carbonyl (C=O) groups is 1. The number of benzene rings is 2. The number of furan rings is 1. The van der Waals surface area contributed by atoms with Crippen LogP contribution in [0.5, 0.6) is 11.6 Å². The molecule has 0 radical (unpaired) electrons. The summed E-state index contributed by atoms with van der Waals surface area (Å²) in [7, 11) is 3.48. The van der Waals surface area contributed by atoms with E-state index < -0.39 is 17.5 Å². The maximum Gasteiger partial charge on any atom is 0.280 e. The third-order valence-corrected chi connectivity index (χ3v) is 7.61. The minimum atomic E-state index is -0.569. The summed E-state index contributed by atoms with van der Waals surface area (Å²) >= 11 is 0. The first-order chi connectivity index (χ1) is 22.2. The third kappa shape index (κ3) is 5.23. The number of allylic oxidation sites excluding steroid dienone is 4. The Hall–Kier alpha value is -6.24. The zero-order chi connectivity index (χ0) is 31.9. The maximum absolute atomic E-state index is 13.4. The van der Waals surface area contributed by atoms with Gasteiger partial charge in [-0.1, -0.05) is 18.2 Å². The molecule has 0 fully saturated rings. The predicted octanol–water partition coefficient (Wildman–Crippen LogP) is 5.77. The van der Waals surface area contributed by atoms with E-state index in [0.717, 1.165) is 11.1 Å². The molecule has 46 heavy (non-hydrogen) atoms. The average Bonchev–Trinajstić information content (AvgIpc) is 3.73. The van der Waals surface area contributed by atoms with E-state index in [9.17, 15) is 14.0 Å². The summed E-state index contributed by atoms with van der Waals surface area (Å²) in [6, 6.07) is 13.7. The summed E-state index contributed by atoms with van der Waals surface area (Å²) in [6.07, 6.45) is 11.0. The van der Waals surface area contributed by atoms with Gasteiger partial charge in [0.2, 0.25) is 11.6 Å². The van der Waals surface area contributed by atoms with E-state index in [4.69, 9.17) is 14.9 Å². The van der Waals surface area contributed by atoms with Gasteiger partial charge in [-0.25, -0.2) is 19.0 Å². The molecule has 7 rings (SSSR count). The van der Waals surface area contributed by atoms with Gasteiger partial charge in [0.1, 0.15) is 34.6 Å². The summed E-state index contributed by atoms with van der Waals surface area (Å²) < 4.78 is 30.5. The van der Waals surface area contributed by atoms with Crippen LogP contribution in [-0.4, -0.2) is 35.0 Å². The fourth-order valence-electron chi connectivity index (χ4n) is 5.49. The smallest absolute Gasteiger partial charge is 0.280 e. The van der Waals surface area contributed by atoms with Gasteiger partial charge in [0.05, 0.1) is 17.8 Å². The Morgan fingerprint density at radius 3 is 2.65 bits per heavy atom. The monoisotopic (exact) mass is 618 g/mol. The number of nitrogens with two attached hydrogens (primary N) is 1. The van der Waals surface area contributed by atoms with Crippen LogP contribution < -0.4 is 21.3 Å². The molecule has 4 aromatic heterocycles. The van der Waals surface area contributed by atoms with Crippen molar-refractivity contribution in [2.75, 3.05) is 11.1 Å². The largest absolute Gasteiger partial charge is 0.438 e. The lowest BCUT2D eigenvalue weighted by atomic mass is 10.0. The molecule has 3 N–H and O–H groups in total. The van der Waals surface area contributed by atoms with Crippen molar-refractivity contribution >= 4 is 28.4 Å². The third-order valence-electron chi connectivity index (χ3n) is 7.61. The molecule has 12 nitrogen and oxygen atoms in total. The van der Waals surface area contributed by atoms with E-state index in [0.29, 0.717) is 46.0 Å². The van der Waals surface area contributed by atoms with Gasteiger partial charge in [-0.2, -0.15) is 5.10 Å². The Kier molecular flexibility index (Phi) is 7.04. The number of aromatic nitrogens is 6. The lowest BCUT2D eigenvalue weighted by molar-refractivity contribution is 0.102. The first-order valence-corrected chi connectivity index (χ1v) is 14.3. The van der Waals surface area contributed by atoms with Crippen LogP contribution in [0.2, 0.25) is 0 Å². The molecule has 1 amide bonds. The topological polar surface area (TPSA) is 148 Å². The molecule has 2 aromatic carbocycles. The van der Waals surface area contributed by atoms with E-state index >= 15 is 0 Å². The van der Waals surface area contributed by atoms with Crippen molar-refractivity contribution in [2.24, 2.45) is 14.1 Å². The second-order valence-electron chi connectivity index (χ2n) is 10.8. The quantitative estimate of drug-likeness (QED) is 0.214. The number of ether oxygens (including phenoxy) is 1. The second-order valence-corrected chi connectivity index (χ2v) is 10.8. The molecular formula is C33H27FN8O4. The van der Waals surface area contributed by atoms with E-state index in [1.54, 1.807) is 54.3 Å². The Morgan fingerprint density at radius 2 is 1.93 bits per heavy atom. The lowest BCUT2D eigenvalue weighted by Crippen LogP contribution is -2.29. The normalized spacial score (nSPS) is 14.4. The van der Waals surface area contributed by atoms with Gasteiger partial charge >= 0.3 is 0 Å². The molecule has 0 bridgehead atoms. The number of anilines is 2. The zero-order valence-electron chi connectivity index (χ0n) is 24.7. The molecule has 0 aliphatic heterocycles. The summed E-state index contributed by atoms with van der Waals surface area (Å²) in [5.41, 5.74) is 9.21. The molecule has 0 spiro atoms. The summed E-state index contributed by atoms with van der Waals surface area (Å²) in [5.74, 6) is 0.316. The van der Waals surface area contributed by atoms with E-state index in [-0.39, 0.29) is 17.3 Å². The molecule has 0 saturated heterocycles. The summed E-state index contributed by atoms with van der Waals surface area (Å²) in [5, 5.41) is 7.60. The number of nitrogens with zero attached hydrogens (tertiary/aromatic N) is 6. The number of carbonyl (C=O) groups excluding carboxylic acids is 1. The second kappa shape index (κ2) is 11.4. The van der Waals surface area contributed by atoms with Gasteiger partial charge in [-0.05, 0) is 60.5 Å². The Morgan fingerprint density at radius 1 is 1.11 bits per heavy atom. The standard InChI is InChI=1S/C33H27FN8O4/c1-40-16-20(15-38-40)29-27(19-4-3-5-22(35)14-19)28-31(36-18-37-32(28)46-29)45-25-12-8-23(9-13-25)39-30(43)26-17-41(2)42(33(26)44)24-10-6-21(34)7-11-24/h3-10,12-18,24H,11,35H2,1-2H3,(H,39,43). The van der Waals surface area contributed by atoms with Crippen LogP contribution in [0.3, 0.4) is 0 Å². The van der Waals surface area contributed by atoms with Crippen LogP contribution in [-0.2, 0) is 14.1 Å². The highest BCUT2D eigenvalue weighted by atomic mass is 19.1. The van der Waals surface area contributed by atoms with Crippen molar-refractivity contribution in [3.63, 3.8) is 0 Å². The Labute approximate surface area is 260 Å². The van der Waals surface area contributed by atoms with Crippen molar-refractivity contribution in [1.29, 1.82) is 0 Å². The molecule has 1 unspecified atom stereocenters. The number of amides is 1. The van der Waals surface area contributed by atoms with Crippen molar-refractivity contribution in [1.82, 2.24) is 29.1 Å². The molecular weight excluding hydrogens is 591 g/mol. The van der Waals surface area contributed by atoms with E-state index in [1.165, 1.54) is 34.0 Å². The average molecular weight is 619 g/mol. The molecule has 1 aliphatic rings. The SMILES string of the molecule is Cn1cc(-c2oc3ncnc(Oc4ccc(NC(=O)c5cn(C)n(C6C=CC(F)=CC6)c5=O)cc4)c3c2-c2cccc(N)c2)cn1. The fourth-order valence-corrected chi connectivity index (χ4v) is 5.49. The Bertz CT molecular complexity index is 2240. The number of fused-ring (bicyclic) bond motifs is 1. The van der Waals surface area contributed by atoms with Gasteiger partial charge in [0.15, 0.2) is 0 Å². The minimum absolute atomic E-state index is 0.0342. The number of rotatable bonds is 7. The Balaban J connectivity index is 1.16. The lowest BCUT2D eigenvalue weighted by Gasteiger charge is -2.17. The molecule has 230 valence electrons. The van der Waals surface area contributed by atoms with Crippen LogP contribution in [0.4, 0.5) is 15.8 Å². The van der Waals surface area contributed by atoms with Crippen molar-refractivity contribution in [3.8, 4) is 34.1 Å². The first-order valence-electron chi connectivity index (χ1n) is 14.3. The van der Waals surface area contributed by atoms with Gasteiger partial charge in [0.25, 0.3) is 11.5 Å². The molecule has 1 aliphatic carbocycles. The van der Waals surface area contributed by atoms with E-state index in [1.807, 2.05) is 31.4 Å². The number of nitrogen functional groups attached to an aromatic ring is 1. The minimum Gasteiger partial charge on any atom is -0.438 e. The molecule has 0 saturated carbocycles. The van der Waals surface area contributed by atoms with Crippen LogP contribution >= 0.6 is 0 Å². The number of halogens is 1. The van der Waals surface area contributed by atoms with Crippen molar-refractivity contribution in [3.05, 3.63) is 113 Å². The predicted molar refractivity (Wildman–Crippen MR) is 170 cm³/mol. The number of hydrogen-bond donors (Lipinski definition) is 2. The van der Waals surface area contributed by atoms with Crippen molar-refractivity contribution < 1.29 is 18.3 Å². The number of aryl methyl sites for hydroxylation is 2. The zero-order valence-corrected chi connectivity index (χ0v) is 24.7. The number of nitrogens with one attached hydrogen (secondary N) is 1. The van der Waals surface area contributed by atoms with Gasteiger partial charge < -0.3 is 20.2 Å². The van der Waals surface area contributed by atoms with Crippen LogP contribution in [0.25, 0.3) is 33.6 Å². The van der Waals surface area contributed by atoms with Crippen molar-refractivity contribution in [2.45, 2.75) is 12.5 Å². The fraction of sp³-hybridized carbons (Fsp3) is 0.121. The summed E-state index contributed by atoms with van der Waals surface area (Å²) in [4.78, 5) is 34.9. The maximum atomic E-state index is 13.4. The molecule has 1 atom stereocenters.